The predicted molar refractivity (Wildman–Crippen MR) is 142 cm³/mol. The van der Waals surface area contributed by atoms with Crippen molar-refractivity contribution in [1.82, 2.24) is 19.8 Å². The first-order chi connectivity index (χ1) is 17.1. The Kier molecular flexibility index (Phi) is 6.59. The summed E-state index contributed by atoms with van der Waals surface area (Å²) in [6.07, 6.45) is 4.19. The lowest BCUT2D eigenvalue weighted by atomic mass is 10.0. The largest absolute Gasteiger partial charge is 0.352 e. The van der Waals surface area contributed by atoms with Gasteiger partial charge in [-0.05, 0) is 67.2 Å². The summed E-state index contributed by atoms with van der Waals surface area (Å²) in [6.45, 7) is 2.59. The molecule has 2 unspecified atom stereocenters. The van der Waals surface area contributed by atoms with Gasteiger partial charge < -0.3 is 20.1 Å². The number of para-hydroxylation sites is 2. The standard InChI is InChI=1S/C28H27N5OS/c1-20-10-5-6-14-23(20)32-18-9-15-24(32)27-26(22-13-7-8-17-29-22)31-28(35)33(27)19-16-25(34)30-21-11-3-2-4-12-21/h2-15,17-18,26-27H,16,19H2,1H3,(H,30,34)(H,31,35). The van der Waals surface area contributed by atoms with Gasteiger partial charge in [0, 0.05) is 42.4 Å². The van der Waals surface area contributed by atoms with Crippen molar-refractivity contribution in [2.24, 2.45) is 0 Å². The number of benzene rings is 2. The van der Waals surface area contributed by atoms with Crippen molar-refractivity contribution >= 4 is 28.9 Å². The van der Waals surface area contributed by atoms with E-state index >= 15 is 0 Å². The van der Waals surface area contributed by atoms with Gasteiger partial charge in [0.15, 0.2) is 5.11 Å². The minimum Gasteiger partial charge on any atom is -0.352 e. The summed E-state index contributed by atoms with van der Waals surface area (Å²) in [6, 6.07) is 27.6. The molecular formula is C28H27N5OS. The maximum Gasteiger partial charge on any atom is 0.226 e. The third-order valence-electron chi connectivity index (χ3n) is 6.29. The second kappa shape index (κ2) is 10.1. The van der Waals surface area contributed by atoms with Crippen molar-refractivity contribution in [2.45, 2.75) is 25.4 Å². The number of pyridine rings is 1. The van der Waals surface area contributed by atoms with Crippen LogP contribution in [0, 0.1) is 6.92 Å². The molecule has 0 spiro atoms. The van der Waals surface area contributed by atoms with E-state index in [4.69, 9.17) is 12.2 Å². The molecule has 2 aromatic heterocycles. The highest BCUT2D eigenvalue weighted by atomic mass is 32.1. The van der Waals surface area contributed by atoms with E-state index in [1.165, 1.54) is 5.56 Å². The SMILES string of the molecule is Cc1ccccc1-n1cccc1C1C(c2ccccn2)NC(=S)N1CCC(=O)Nc1ccccc1. The third kappa shape index (κ3) is 4.81. The van der Waals surface area contributed by atoms with Crippen LogP contribution in [0.15, 0.2) is 97.3 Å². The number of anilines is 1. The van der Waals surface area contributed by atoms with Gasteiger partial charge in [-0.3, -0.25) is 9.78 Å². The number of carbonyl (C=O) groups excluding carboxylic acids is 1. The van der Waals surface area contributed by atoms with Crippen LogP contribution in [0.2, 0.25) is 0 Å². The van der Waals surface area contributed by atoms with Gasteiger partial charge in [-0.1, -0.05) is 42.5 Å². The van der Waals surface area contributed by atoms with Gasteiger partial charge in [-0.2, -0.15) is 0 Å². The molecule has 0 saturated carbocycles. The smallest absolute Gasteiger partial charge is 0.226 e. The summed E-state index contributed by atoms with van der Waals surface area (Å²) < 4.78 is 2.21. The number of hydrogen-bond acceptors (Lipinski definition) is 3. The van der Waals surface area contributed by atoms with Gasteiger partial charge in [-0.15, -0.1) is 0 Å². The first kappa shape index (κ1) is 22.8. The Hall–Kier alpha value is -3.97. The highest BCUT2D eigenvalue weighted by molar-refractivity contribution is 7.80. The van der Waals surface area contributed by atoms with Crippen molar-refractivity contribution in [3.05, 3.63) is 114 Å². The zero-order chi connectivity index (χ0) is 24.2. The third-order valence-corrected chi connectivity index (χ3v) is 6.65. The quantitative estimate of drug-likeness (QED) is 0.356. The van der Waals surface area contributed by atoms with Crippen molar-refractivity contribution < 1.29 is 4.79 Å². The number of rotatable bonds is 7. The van der Waals surface area contributed by atoms with E-state index in [1.54, 1.807) is 6.20 Å². The summed E-state index contributed by atoms with van der Waals surface area (Å²) >= 11 is 5.78. The van der Waals surface area contributed by atoms with Crippen LogP contribution < -0.4 is 10.6 Å². The summed E-state index contributed by atoms with van der Waals surface area (Å²) in [5.74, 6) is -0.0478. The van der Waals surface area contributed by atoms with Crippen LogP contribution in [-0.2, 0) is 4.79 Å². The van der Waals surface area contributed by atoms with E-state index in [9.17, 15) is 4.79 Å². The van der Waals surface area contributed by atoms with Crippen LogP contribution in [0.1, 0.15) is 35.5 Å². The molecule has 1 aliphatic heterocycles. The Morgan fingerprint density at radius 3 is 2.54 bits per heavy atom. The monoisotopic (exact) mass is 481 g/mol. The molecule has 2 aromatic carbocycles. The Labute approximate surface area is 210 Å². The fraction of sp³-hybridized carbons (Fsp3) is 0.179. The first-order valence-corrected chi connectivity index (χ1v) is 12.1. The molecule has 7 heteroatoms. The molecule has 4 aromatic rings. The number of hydrogen-bond donors (Lipinski definition) is 2. The van der Waals surface area contributed by atoms with Gasteiger partial charge in [0.2, 0.25) is 5.91 Å². The van der Waals surface area contributed by atoms with Crippen molar-refractivity contribution in [3.63, 3.8) is 0 Å². The maximum absolute atomic E-state index is 12.7. The summed E-state index contributed by atoms with van der Waals surface area (Å²) in [7, 11) is 0. The van der Waals surface area contributed by atoms with E-state index in [-0.39, 0.29) is 18.0 Å². The van der Waals surface area contributed by atoms with Crippen LogP contribution in [-0.4, -0.2) is 32.0 Å². The topological polar surface area (TPSA) is 62.2 Å². The highest BCUT2D eigenvalue weighted by Gasteiger charge is 2.41. The van der Waals surface area contributed by atoms with Crippen LogP contribution in [0.3, 0.4) is 0 Å². The van der Waals surface area contributed by atoms with E-state index in [0.29, 0.717) is 18.1 Å². The van der Waals surface area contributed by atoms with E-state index in [2.05, 4.69) is 62.5 Å². The molecule has 1 aliphatic rings. The second-order valence-electron chi connectivity index (χ2n) is 8.57. The Morgan fingerprint density at radius 1 is 1.00 bits per heavy atom. The molecule has 0 aliphatic carbocycles. The van der Waals surface area contributed by atoms with E-state index in [1.807, 2.05) is 60.7 Å². The van der Waals surface area contributed by atoms with Crippen molar-refractivity contribution in [3.8, 4) is 5.69 Å². The second-order valence-corrected chi connectivity index (χ2v) is 8.96. The Bertz CT molecular complexity index is 1320. The zero-order valence-corrected chi connectivity index (χ0v) is 20.3. The summed E-state index contributed by atoms with van der Waals surface area (Å²) in [4.78, 5) is 19.5. The summed E-state index contributed by atoms with van der Waals surface area (Å²) in [5.41, 5.74) is 5.09. The zero-order valence-electron chi connectivity index (χ0n) is 19.5. The molecule has 6 nitrogen and oxygen atoms in total. The van der Waals surface area contributed by atoms with E-state index < -0.39 is 0 Å². The molecule has 0 bridgehead atoms. The number of aryl methyl sites for hydroxylation is 1. The fourth-order valence-corrected chi connectivity index (χ4v) is 4.95. The van der Waals surface area contributed by atoms with Gasteiger partial charge in [0.05, 0.1) is 17.8 Å². The molecule has 1 amide bonds. The van der Waals surface area contributed by atoms with Crippen LogP contribution in [0.25, 0.3) is 5.69 Å². The fourth-order valence-electron chi connectivity index (χ4n) is 4.62. The highest BCUT2D eigenvalue weighted by Crippen LogP contribution is 2.39. The van der Waals surface area contributed by atoms with Crippen molar-refractivity contribution in [1.29, 1.82) is 0 Å². The molecular weight excluding hydrogens is 454 g/mol. The summed E-state index contributed by atoms with van der Waals surface area (Å²) in [5, 5.41) is 7.07. The maximum atomic E-state index is 12.7. The van der Waals surface area contributed by atoms with Gasteiger partial charge in [0.1, 0.15) is 0 Å². The Balaban J connectivity index is 1.46. The van der Waals surface area contributed by atoms with E-state index in [0.717, 1.165) is 22.8 Å². The molecule has 1 fully saturated rings. The van der Waals surface area contributed by atoms with Crippen LogP contribution >= 0.6 is 12.2 Å². The molecule has 1 saturated heterocycles. The van der Waals surface area contributed by atoms with Gasteiger partial charge in [0.25, 0.3) is 0 Å². The van der Waals surface area contributed by atoms with Crippen LogP contribution in [0.4, 0.5) is 5.69 Å². The normalized spacial score (nSPS) is 17.3. The molecule has 0 radical (unpaired) electrons. The van der Waals surface area contributed by atoms with Gasteiger partial charge >= 0.3 is 0 Å². The molecule has 5 rings (SSSR count). The number of carbonyl (C=O) groups is 1. The first-order valence-electron chi connectivity index (χ1n) is 11.7. The number of nitrogens with one attached hydrogen (secondary N) is 2. The average Bonchev–Trinajstić information content (AvgIpc) is 3.48. The number of aromatic nitrogens is 2. The lowest BCUT2D eigenvalue weighted by Gasteiger charge is -2.29. The van der Waals surface area contributed by atoms with Gasteiger partial charge in [-0.25, -0.2) is 0 Å². The molecule has 176 valence electrons. The predicted octanol–water partition coefficient (Wildman–Crippen LogP) is 5.18. The molecule has 35 heavy (non-hydrogen) atoms. The minimum absolute atomic E-state index is 0.0478. The number of amides is 1. The Morgan fingerprint density at radius 2 is 1.77 bits per heavy atom. The molecule has 2 atom stereocenters. The molecule has 2 N–H and O–H groups in total. The average molecular weight is 482 g/mol. The molecule has 3 heterocycles. The van der Waals surface area contributed by atoms with Crippen molar-refractivity contribution in [2.75, 3.05) is 11.9 Å². The lowest BCUT2D eigenvalue weighted by Crippen LogP contribution is -2.33. The lowest BCUT2D eigenvalue weighted by molar-refractivity contribution is -0.116. The minimum atomic E-state index is -0.140. The number of nitrogens with zero attached hydrogens (tertiary/aromatic N) is 3. The van der Waals surface area contributed by atoms with Crippen LogP contribution in [0.5, 0.6) is 0 Å². The number of thiocarbonyl (C=S) groups is 1.